The lowest BCUT2D eigenvalue weighted by molar-refractivity contribution is -0.148. The summed E-state index contributed by atoms with van der Waals surface area (Å²) in [5.41, 5.74) is 2.42. The highest BCUT2D eigenvalue weighted by Crippen LogP contribution is 2.36. The molecule has 5 rings (SSSR count). The van der Waals surface area contributed by atoms with Crippen LogP contribution in [0.2, 0.25) is 0 Å². The monoisotopic (exact) mass is 475 g/mol. The summed E-state index contributed by atoms with van der Waals surface area (Å²) < 4.78 is 18.6. The highest BCUT2D eigenvalue weighted by atomic mass is 79.9. The zero-order valence-electron chi connectivity index (χ0n) is 16.4. The lowest BCUT2D eigenvalue weighted by Gasteiger charge is -2.15. The highest BCUT2D eigenvalue weighted by molar-refractivity contribution is 9.10. The summed E-state index contributed by atoms with van der Waals surface area (Å²) in [6, 6.07) is 25.8. The van der Waals surface area contributed by atoms with E-state index in [9.17, 15) is 4.79 Å². The Balaban J connectivity index is 1.45. The van der Waals surface area contributed by atoms with E-state index >= 15 is 0 Å². The van der Waals surface area contributed by atoms with Crippen molar-refractivity contribution in [1.82, 2.24) is 0 Å². The molecular formula is C25H18BrNO4. The Bertz CT molecular complexity index is 1250. The predicted octanol–water partition coefficient (Wildman–Crippen LogP) is 5.83. The topological polar surface area (TPSA) is 61.0 Å². The number of hydrogen-bond donors (Lipinski definition) is 0. The van der Waals surface area contributed by atoms with Gasteiger partial charge in [-0.25, -0.2) is 9.79 Å². The minimum Gasteiger partial charge on any atom is -0.463 e. The Labute approximate surface area is 187 Å². The van der Waals surface area contributed by atoms with Crippen molar-refractivity contribution < 1.29 is 18.7 Å². The SMILES string of the molecule is O=C(OCc1ccccc1)C1N=C(c2ccccc2)OC1c1cc2cc(Br)ccc2o1. The van der Waals surface area contributed by atoms with Gasteiger partial charge in [-0.1, -0.05) is 64.5 Å². The van der Waals surface area contributed by atoms with Crippen LogP contribution in [0.15, 0.2) is 98.8 Å². The summed E-state index contributed by atoms with van der Waals surface area (Å²) in [6.45, 7) is 0.173. The van der Waals surface area contributed by atoms with Crippen molar-refractivity contribution in [1.29, 1.82) is 0 Å². The van der Waals surface area contributed by atoms with Crippen LogP contribution in [0, 0.1) is 0 Å². The van der Waals surface area contributed by atoms with Gasteiger partial charge in [-0.05, 0) is 42.0 Å². The second kappa shape index (κ2) is 8.40. The number of halogens is 1. The smallest absolute Gasteiger partial charge is 0.335 e. The fraction of sp³-hybridized carbons (Fsp3) is 0.120. The van der Waals surface area contributed by atoms with Crippen LogP contribution in [0.3, 0.4) is 0 Å². The third-order valence-electron chi connectivity index (χ3n) is 5.05. The van der Waals surface area contributed by atoms with Crippen molar-refractivity contribution in [3.05, 3.63) is 106 Å². The Morgan fingerprint density at radius 3 is 2.48 bits per heavy atom. The number of rotatable bonds is 5. The molecule has 0 fully saturated rings. The molecule has 0 amide bonds. The van der Waals surface area contributed by atoms with Crippen molar-refractivity contribution in [2.45, 2.75) is 18.8 Å². The minimum atomic E-state index is -0.858. The van der Waals surface area contributed by atoms with Gasteiger partial charge in [0.15, 0.2) is 12.1 Å². The molecule has 154 valence electrons. The zero-order chi connectivity index (χ0) is 21.2. The van der Waals surface area contributed by atoms with Crippen molar-refractivity contribution >= 4 is 38.8 Å². The molecule has 31 heavy (non-hydrogen) atoms. The summed E-state index contributed by atoms with van der Waals surface area (Å²) in [4.78, 5) is 17.6. The van der Waals surface area contributed by atoms with E-state index in [1.165, 1.54) is 0 Å². The van der Waals surface area contributed by atoms with E-state index in [4.69, 9.17) is 13.9 Å². The van der Waals surface area contributed by atoms with Crippen LogP contribution in [0.4, 0.5) is 0 Å². The molecule has 0 spiro atoms. The summed E-state index contributed by atoms with van der Waals surface area (Å²) >= 11 is 3.47. The number of esters is 1. The van der Waals surface area contributed by atoms with E-state index in [1.807, 2.05) is 84.9 Å². The first-order chi connectivity index (χ1) is 15.2. The molecule has 2 atom stereocenters. The Morgan fingerprint density at radius 2 is 1.71 bits per heavy atom. The number of carbonyl (C=O) groups is 1. The number of nitrogens with zero attached hydrogens (tertiary/aromatic N) is 1. The van der Waals surface area contributed by atoms with E-state index in [2.05, 4.69) is 20.9 Å². The number of furan rings is 1. The number of ether oxygens (including phenoxy) is 2. The first-order valence-corrected chi connectivity index (χ1v) is 10.7. The van der Waals surface area contributed by atoms with Gasteiger partial charge in [0.1, 0.15) is 18.0 Å². The number of carbonyl (C=O) groups excluding carboxylic acids is 1. The molecule has 0 aliphatic carbocycles. The van der Waals surface area contributed by atoms with Crippen molar-refractivity contribution in [3.63, 3.8) is 0 Å². The lowest BCUT2D eigenvalue weighted by Crippen LogP contribution is -2.26. The molecule has 0 N–H and O–H groups in total. The van der Waals surface area contributed by atoms with Gasteiger partial charge in [0.25, 0.3) is 0 Å². The van der Waals surface area contributed by atoms with E-state index in [-0.39, 0.29) is 6.61 Å². The maximum absolute atomic E-state index is 13.0. The zero-order valence-corrected chi connectivity index (χ0v) is 18.0. The molecule has 1 aliphatic heterocycles. The second-order valence-corrected chi connectivity index (χ2v) is 8.12. The molecule has 5 nitrogen and oxygen atoms in total. The van der Waals surface area contributed by atoms with Gasteiger partial charge < -0.3 is 13.9 Å². The van der Waals surface area contributed by atoms with E-state index < -0.39 is 18.1 Å². The van der Waals surface area contributed by atoms with Gasteiger partial charge >= 0.3 is 5.97 Å². The van der Waals surface area contributed by atoms with Gasteiger partial charge in [-0.2, -0.15) is 0 Å². The quantitative estimate of drug-likeness (QED) is 0.341. The third-order valence-corrected chi connectivity index (χ3v) is 5.54. The van der Waals surface area contributed by atoms with Crippen molar-refractivity contribution in [3.8, 4) is 0 Å². The molecule has 0 bridgehead atoms. The maximum atomic E-state index is 13.0. The summed E-state index contributed by atoms with van der Waals surface area (Å²) in [6.07, 6.45) is -0.704. The van der Waals surface area contributed by atoms with Gasteiger partial charge in [-0.15, -0.1) is 0 Å². The molecule has 1 aliphatic rings. The van der Waals surface area contributed by atoms with Gasteiger partial charge in [0, 0.05) is 15.4 Å². The van der Waals surface area contributed by atoms with Crippen LogP contribution in [0.25, 0.3) is 11.0 Å². The number of hydrogen-bond acceptors (Lipinski definition) is 5. The van der Waals surface area contributed by atoms with Crippen LogP contribution in [0.5, 0.6) is 0 Å². The standard InChI is InChI=1S/C25H18BrNO4/c26-19-11-12-20-18(13-19)14-21(30-20)23-22(25(28)29-15-16-7-3-1-4-8-16)27-24(31-23)17-9-5-2-6-10-17/h1-14,22-23H,15H2. The Kier molecular flexibility index (Phi) is 5.30. The molecule has 0 saturated carbocycles. The highest BCUT2D eigenvalue weighted by Gasteiger charge is 2.41. The third kappa shape index (κ3) is 4.11. The van der Waals surface area contributed by atoms with E-state index in [0.29, 0.717) is 17.2 Å². The molecular weight excluding hydrogens is 458 g/mol. The second-order valence-electron chi connectivity index (χ2n) is 7.21. The largest absolute Gasteiger partial charge is 0.463 e. The van der Waals surface area contributed by atoms with Crippen LogP contribution in [-0.4, -0.2) is 17.9 Å². The molecule has 4 aromatic rings. The maximum Gasteiger partial charge on any atom is 0.335 e. The van der Waals surface area contributed by atoms with E-state index in [0.717, 1.165) is 21.0 Å². The molecule has 2 unspecified atom stereocenters. The average molecular weight is 476 g/mol. The summed E-state index contributed by atoms with van der Waals surface area (Å²) in [5.74, 6) is 0.472. The summed E-state index contributed by atoms with van der Waals surface area (Å²) in [5, 5.41) is 0.914. The van der Waals surface area contributed by atoms with Crippen LogP contribution >= 0.6 is 15.9 Å². The normalized spacial score (nSPS) is 17.9. The van der Waals surface area contributed by atoms with Crippen molar-refractivity contribution in [2.24, 2.45) is 4.99 Å². The number of fused-ring (bicyclic) bond motifs is 1. The molecule has 0 radical (unpaired) electrons. The van der Waals surface area contributed by atoms with Gasteiger partial charge in [-0.3, -0.25) is 0 Å². The van der Waals surface area contributed by atoms with Crippen LogP contribution < -0.4 is 0 Å². The molecule has 6 heteroatoms. The Morgan fingerprint density at radius 1 is 0.968 bits per heavy atom. The number of aliphatic imine (C=N–C) groups is 1. The van der Waals surface area contributed by atoms with Gasteiger partial charge in [0.05, 0.1) is 0 Å². The summed E-state index contributed by atoms with van der Waals surface area (Å²) in [7, 11) is 0. The molecule has 3 aromatic carbocycles. The van der Waals surface area contributed by atoms with Crippen LogP contribution in [0.1, 0.15) is 23.0 Å². The predicted molar refractivity (Wildman–Crippen MR) is 121 cm³/mol. The average Bonchev–Trinajstić information content (AvgIpc) is 3.43. The molecule has 2 heterocycles. The minimum absolute atomic E-state index is 0.173. The first-order valence-electron chi connectivity index (χ1n) is 9.87. The molecule has 1 aromatic heterocycles. The van der Waals surface area contributed by atoms with E-state index in [1.54, 1.807) is 0 Å². The first kappa shape index (κ1) is 19.6. The Hall–Kier alpha value is -3.38. The van der Waals surface area contributed by atoms with Crippen molar-refractivity contribution in [2.75, 3.05) is 0 Å². The fourth-order valence-corrected chi connectivity index (χ4v) is 3.89. The fourth-order valence-electron chi connectivity index (χ4n) is 3.51. The molecule has 0 saturated heterocycles. The lowest BCUT2D eigenvalue weighted by atomic mass is 10.1. The number of benzene rings is 3. The van der Waals surface area contributed by atoms with Crippen LogP contribution in [-0.2, 0) is 20.9 Å². The van der Waals surface area contributed by atoms with Gasteiger partial charge in [0.2, 0.25) is 5.90 Å².